The van der Waals surface area contributed by atoms with Crippen LogP contribution < -0.4 is 10.1 Å². The molecule has 1 atom stereocenters. The first-order valence-corrected chi connectivity index (χ1v) is 5.51. The first-order valence-electron chi connectivity index (χ1n) is 3.94. The van der Waals surface area contributed by atoms with Gasteiger partial charge in [-0.2, -0.15) is 0 Å². The Morgan fingerprint density at radius 2 is 2.27 bits per heavy atom. The van der Waals surface area contributed by atoms with Crippen molar-refractivity contribution in [3.63, 3.8) is 0 Å². The number of carboxylic acid groups (broad SMARTS) is 1. The predicted molar refractivity (Wildman–Crippen MR) is 47.7 cm³/mol. The lowest BCUT2D eigenvalue weighted by Crippen LogP contribution is -2.39. The van der Waals surface area contributed by atoms with E-state index >= 15 is 0 Å². The summed E-state index contributed by atoms with van der Waals surface area (Å²) in [4.78, 5) is 30.7. The Kier molecular flexibility index (Phi) is 3.25. The second-order valence-electron chi connectivity index (χ2n) is 2.94. The van der Waals surface area contributed by atoms with Crippen molar-refractivity contribution in [3.8, 4) is 0 Å². The summed E-state index contributed by atoms with van der Waals surface area (Å²) >= 11 is 0. The fraction of sp³-hybridized carbons (Fsp3) is 0.333. The molecule has 0 saturated heterocycles. The topological polar surface area (TPSA) is 141 Å². The van der Waals surface area contributed by atoms with E-state index in [1.807, 2.05) is 0 Å². The highest BCUT2D eigenvalue weighted by atomic mass is 31.2. The highest BCUT2D eigenvalue weighted by molar-refractivity contribution is 7.44. The van der Waals surface area contributed by atoms with Gasteiger partial charge in [-0.25, -0.2) is 9.55 Å². The van der Waals surface area contributed by atoms with Crippen molar-refractivity contribution in [3.05, 3.63) is 18.2 Å². The molecule has 0 aliphatic rings. The predicted octanol–water partition coefficient (Wildman–Crippen LogP) is -1.80. The summed E-state index contributed by atoms with van der Waals surface area (Å²) in [5.41, 5.74) is 5.38. The summed E-state index contributed by atoms with van der Waals surface area (Å²) in [5, 5.41) is 8.54. The molecule has 1 rings (SSSR count). The molecule has 0 spiro atoms. The Balaban J connectivity index is 2.92. The zero-order valence-electron chi connectivity index (χ0n) is 7.57. The summed E-state index contributed by atoms with van der Waals surface area (Å²) in [6.45, 7) is 0. The van der Waals surface area contributed by atoms with Gasteiger partial charge >= 0.3 is 13.7 Å². The number of nitrogens with one attached hydrogen (secondary N) is 1. The average molecular weight is 236 g/mol. The molecule has 84 valence electrons. The van der Waals surface area contributed by atoms with E-state index in [-0.39, 0.29) is 12.1 Å². The molecule has 0 saturated carbocycles. The molecular weight excluding hydrogens is 225 g/mol. The van der Waals surface area contributed by atoms with Crippen LogP contribution in [-0.2, 0) is 15.8 Å². The lowest BCUT2D eigenvalue weighted by atomic mass is 10.2. The van der Waals surface area contributed by atoms with Crippen molar-refractivity contribution < 1.29 is 28.6 Å². The Morgan fingerprint density at radius 1 is 1.67 bits per heavy atom. The largest absolute Gasteiger partial charge is 0.522 e. The molecule has 1 aromatic heterocycles. The van der Waals surface area contributed by atoms with Gasteiger partial charge in [0, 0.05) is 6.42 Å². The molecule has 1 heterocycles. The molecule has 0 aliphatic carbocycles. The number of carbonyl (C=O) groups is 1. The van der Waals surface area contributed by atoms with Crippen LogP contribution in [0.5, 0.6) is 0 Å². The van der Waals surface area contributed by atoms with Gasteiger partial charge in [-0.1, -0.05) is 0 Å². The van der Waals surface area contributed by atoms with Gasteiger partial charge in [0.05, 0.1) is 0 Å². The maximum atomic E-state index is 10.9. The van der Waals surface area contributed by atoms with Crippen molar-refractivity contribution in [2.45, 2.75) is 12.5 Å². The minimum atomic E-state index is -4.46. The van der Waals surface area contributed by atoms with E-state index in [2.05, 4.69) is 4.98 Å². The fourth-order valence-electron chi connectivity index (χ4n) is 1.06. The number of H-pyrrole nitrogens is 1. The SMILES string of the molecule is NC(Cc1c[nH]c[n+]1P(=O)(O)O)C(=O)O. The lowest BCUT2D eigenvalue weighted by molar-refractivity contribution is -0.546. The molecule has 0 amide bonds. The number of imidazole rings is 1. The Labute approximate surface area is 84.6 Å². The second-order valence-corrected chi connectivity index (χ2v) is 4.40. The van der Waals surface area contributed by atoms with E-state index in [0.717, 1.165) is 6.33 Å². The van der Waals surface area contributed by atoms with E-state index < -0.39 is 19.8 Å². The van der Waals surface area contributed by atoms with Gasteiger partial charge in [0.15, 0.2) is 5.69 Å². The summed E-state index contributed by atoms with van der Waals surface area (Å²) < 4.78 is 11.6. The first kappa shape index (κ1) is 11.9. The van der Waals surface area contributed by atoms with Crippen LogP contribution in [0.1, 0.15) is 5.69 Å². The summed E-state index contributed by atoms with van der Waals surface area (Å²) in [6, 6.07) is -1.20. The third kappa shape index (κ3) is 2.87. The third-order valence-corrected chi connectivity index (χ3v) is 2.70. The van der Waals surface area contributed by atoms with Gasteiger partial charge in [-0.3, -0.25) is 14.6 Å². The normalized spacial score (nSPS) is 13.8. The molecule has 1 aromatic rings. The van der Waals surface area contributed by atoms with Crippen molar-refractivity contribution in [1.29, 1.82) is 0 Å². The van der Waals surface area contributed by atoms with Crippen LogP contribution in [0.2, 0.25) is 0 Å². The van der Waals surface area contributed by atoms with Gasteiger partial charge in [0.2, 0.25) is 6.33 Å². The smallest absolute Gasteiger partial charge is 0.480 e. The maximum absolute atomic E-state index is 10.9. The molecule has 6 N–H and O–H groups in total. The van der Waals surface area contributed by atoms with E-state index in [4.69, 9.17) is 20.6 Å². The van der Waals surface area contributed by atoms with Crippen LogP contribution in [-0.4, -0.2) is 31.9 Å². The van der Waals surface area contributed by atoms with Crippen LogP contribution >= 0.6 is 7.75 Å². The lowest BCUT2D eigenvalue weighted by Gasteiger charge is -2.05. The number of aliphatic carboxylic acids is 1. The van der Waals surface area contributed by atoms with Crippen molar-refractivity contribution in [2.24, 2.45) is 5.73 Å². The van der Waals surface area contributed by atoms with Crippen molar-refractivity contribution in [2.75, 3.05) is 0 Å². The number of hydrogen-bond acceptors (Lipinski definition) is 3. The summed E-state index contributed by atoms with van der Waals surface area (Å²) in [7, 11) is -4.46. The molecule has 0 aliphatic heterocycles. The minimum absolute atomic E-state index is 0.137. The quantitative estimate of drug-likeness (QED) is 0.390. The fourth-order valence-corrected chi connectivity index (χ4v) is 1.75. The van der Waals surface area contributed by atoms with E-state index in [0.29, 0.717) is 4.34 Å². The number of nitrogens with zero attached hydrogens (tertiary/aromatic N) is 1. The molecule has 0 fully saturated rings. The minimum Gasteiger partial charge on any atom is -0.480 e. The molecule has 0 radical (unpaired) electrons. The Bertz CT molecular complexity index is 411. The molecule has 8 nitrogen and oxygen atoms in total. The summed E-state index contributed by atoms with van der Waals surface area (Å²) in [5.74, 6) is -1.23. The molecule has 0 bridgehead atoms. The number of nitrogens with two attached hydrogens (primary N) is 1. The van der Waals surface area contributed by atoms with Crippen LogP contribution in [0.3, 0.4) is 0 Å². The van der Waals surface area contributed by atoms with Crippen LogP contribution in [0.25, 0.3) is 0 Å². The first-order chi connectivity index (χ1) is 6.82. The van der Waals surface area contributed by atoms with Gasteiger partial charge in [0.1, 0.15) is 12.2 Å². The number of aromatic amines is 1. The molecular formula is C6H11N3O5P+. The number of aromatic nitrogens is 2. The van der Waals surface area contributed by atoms with Crippen molar-refractivity contribution in [1.82, 2.24) is 4.98 Å². The zero-order chi connectivity index (χ0) is 11.6. The number of carboxylic acids is 1. The number of hydrogen-bond donors (Lipinski definition) is 5. The zero-order valence-corrected chi connectivity index (χ0v) is 8.46. The van der Waals surface area contributed by atoms with Crippen molar-refractivity contribution >= 4 is 13.7 Å². The standard InChI is InChI=1S/C6H10N3O5P/c7-5(6(10)11)1-4-2-8-3-9(4)15(12,13)14/h2-3,5H,1,7H2,(H3,10,11,12,13,14)/p+1. The van der Waals surface area contributed by atoms with Crippen LogP contribution in [0.4, 0.5) is 0 Å². The molecule has 1 unspecified atom stereocenters. The number of rotatable bonds is 4. The van der Waals surface area contributed by atoms with Gasteiger partial charge in [0.25, 0.3) is 0 Å². The van der Waals surface area contributed by atoms with Crippen LogP contribution in [0.15, 0.2) is 12.5 Å². The van der Waals surface area contributed by atoms with Crippen LogP contribution in [0, 0.1) is 0 Å². The highest BCUT2D eigenvalue weighted by Crippen LogP contribution is 2.27. The second kappa shape index (κ2) is 4.11. The van der Waals surface area contributed by atoms with E-state index in [1.165, 1.54) is 6.20 Å². The van der Waals surface area contributed by atoms with Gasteiger partial charge in [-0.05, 0) is 0 Å². The monoisotopic (exact) mass is 236 g/mol. The average Bonchev–Trinajstić information content (AvgIpc) is 2.50. The van der Waals surface area contributed by atoms with Gasteiger partial charge < -0.3 is 10.8 Å². The maximum Gasteiger partial charge on any atom is 0.522 e. The van der Waals surface area contributed by atoms with Gasteiger partial charge in [-0.15, -0.1) is 4.34 Å². The van der Waals surface area contributed by atoms with E-state index in [9.17, 15) is 9.36 Å². The molecule has 15 heavy (non-hydrogen) atoms. The Hall–Kier alpha value is -1.21. The summed E-state index contributed by atoms with van der Waals surface area (Å²) in [6.07, 6.45) is 2.19. The molecule has 0 aromatic carbocycles. The Morgan fingerprint density at radius 3 is 2.73 bits per heavy atom. The highest BCUT2D eigenvalue weighted by Gasteiger charge is 2.29. The molecule has 9 heteroatoms. The van der Waals surface area contributed by atoms with E-state index in [1.54, 1.807) is 0 Å². The third-order valence-electron chi connectivity index (χ3n) is 1.77.